The van der Waals surface area contributed by atoms with Crippen LogP contribution in [0.5, 0.6) is 0 Å². The van der Waals surface area contributed by atoms with Gasteiger partial charge in [-0.15, -0.1) is 0 Å². The zero-order valence-corrected chi connectivity index (χ0v) is 13.2. The summed E-state index contributed by atoms with van der Waals surface area (Å²) in [6, 6.07) is 11.1. The number of pyridine rings is 1. The first-order valence-electron chi connectivity index (χ1n) is 5.29. The van der Waals surface area contributed by atoms with Crippen LogP contribution in [0.1, 0.15) is 11.1 Å². The molecule has 5 heteroatoms. The summed E-state index contributed by atoms with van der Waals surface area (Å²) >= 11 is 14.5. The Balaban J connectivity index is 2.62. The lowest BCUT2D eigenvalue weighted by Crippen LogP contribution is -1.90. The molecule has 1 heterocycles. The van der Waals surface area contributed by atoms with Crippen LogP contribution in [0.15, 0.2) is 42.7 Å². The van der Waals surface area contributed by atoms with Gasteiger partial charge >= 0.3 is 0 Å². The molecular formula is C14H7Cl2IN2. The summed E-state index contributed by atoms with van der Waals surface area (Å²) in [4.78, 5) is 4.00. The van der Waals surface area contributed by atoms with Crippen molar-refractivity contribution in [2.45, 2.75) is 0 Å². The Labute approximate surface area is 134 Å². The van der Waals surface area contributed by atoms with E-state index in [-0.39, 0.29) is 0 Å². The molecule has 0 aliphatic carbocycles. The molecule has 94 valence electrons. The molecule has 19 heavy (non-hydrogen) atoms. The zero-order valence-electron chi connectivity index (χ0n) is 9.57. The molecule has 0 radical (unpaired) electrons. The molecule has 0 atom stereocenters. The average Bonchev–Trinajstić information content (AvgIpc) is 2.43. The number of halogens is 3. The van der Waals surface area contributed by atoms with Crippen molar-refractivity contribution in [3.63, 3.8) is 0 Å². The van der Waals surface area contributed by atoms with Gasteiger partial charge in [0.1, 0.15) is 6.07 Å². The van der Waals surface area contributed by atoms with E-state index < -0.39 is 0 Å². The van der Waals surface area contributed by atoms with Crippen LogP contribution >= 0.6 is 45.8 Å². The Morgan fingerprint density at radius 1 is 1.32 bits per heavy atom. The van der Waals surface area contributed by atoms with Crippen molar-refractivity contribution in [2.75, 3.05) is 0 Å². The molecule has 2 nitrogen and oxygen atoms in total. The first-order chi connectivity index (χ1) is 9.13. The highest BCUT2D eigenvalue weighted by Crippen LogP contribution is 2.33. The normalized spacial score (nSPS) is 11.7. The van der Waals surface area contributed by atoms with E-state index in [1.165, 1.54) is 0 Å². The van der Waals surface area contributed by atoms with Crippen LogP contribution in [-0.2, 0) is 0 Å². The van der Waals surface area contributed by atoms with E-state index in [2.05, 4.69) is 33.6 Å². The third kappa shape index (κ3) is 3.27. The molecule has 0 N–H and O–H groups in total. The topological polar surface area (TPSA) is 36.7 Å². The van der Waals surface area contributed by atoms with Gasteiger partial charge in [-0.3, -0.25) is 4.98 Å². The van der Waals surface area contributed by atoms with Crippen LogP contribution in [0, 0.1) is 14.9 Å². The maximum atomic E-state index is 9.32. The van der Waals surface area contributed by atoms with Crippen molar-refractivity contribution in [2.24, 2.45) is 0 Å². The van der Waals surface area contributed by atoms with Gasteiger partial charge in [-0.1, -0.05) is 29.3 Å². The number of rotatable bonds is 2. The SMILES string of the molecule is N#C/C(=C(/Cl)c1cc(Cl)ccc1I)c1cccnc1. The summed E-state index contributed by atoms with van der Waals surface area (Å²) in [6.07, 6.45) is 3.26. The van der Waals surface area contributed by atoms with E-state index in [4.69, 9.17) is 23.2 Å². The lowest BCUT2D eigenvalue weighted by molar-refractivity contribution is 1.31. The lowest BCUT2D eigenvalue weighted by Gasteiger charge is -2.07. The number of hydrogen-bond acceptors (Lipinski definition) is 2. The monoisotopic (exact) mass is 400 g/mol. The fourth-order valence-electron chi connectivity index (χ4n) is 1.55. The lowest BCUT2D eigenvalue weighted by atomic mass is 10.1. The van der Waals surface area contributed by atoms with Crippen LogP contribution in [0.2, 0.25) is 5.02 Å². The minimum Gasteiger partial charge on any atom is -0.264 e. The second kappa shape index (κ2) is 6.38. The first-order valence-corrected chi connectivity index (χ1v) is 7.12. The van der Waals surface area contributed by atoms with Gasteiger partial charge in [-0.25, -0.2) is 0 Å². The molecule has 0 aliphatic heterocycles. The van der Waals surface area contributed by atoms with Crippen LogP contribution in [0.4, 0.5) is 0 Å². The van der Waals surface area contributed by atoms with Crippen molar-refractivity contribution in [1.82, 2.24) is 4.98 Å². The van der Waals surface area contributed by atoms with Crippen molar-refractivity contribution in [1.29, 1.82) is 5.26 Å². The number of nitriles is 1. The second-order valence-corrected chi connectivity index (χ2v) is 5.64. The van der Waals surface area contributed by atoms with E-state index in [9.17, 15) is 5.26 Å². The molecule has 0 bridgehead atoms. The highest BCUT2D eigenvalue weighted by atomic mass is 127. The van der Waals surface area contributed by atoms with Gasteiger partial charge in [0.2, 0.25) is 0 Å². The first kappa shape index (κ1) is 14.3. The summed E-state index contributed by atoms with van der Waals surface area (Å²) < 4.78 is 0.934. The fraction of sp³-hybridized carbons (Fsp3) is 0. The summed E-state index contributed by atoms with van der Waals surface area (Å²) in [6.45, 7) is 0. The van der Waals surface area contributed by atoms with Crippen LogP contribution in [0.25, 0.3) is 10.6 Å². The highest BCUT2D eigenvalue weighted by Gasteiger charge is 2.12. The summed E-state index contributed by atoms with van der Waals surface area (Å²) in [5.74, 6) is 0. The van der Waals surface area contributed by atoms with Gasteiger partial charge < -0.3 is 0 Å². The summed E-state index contributed by atoms with van der Waals surface area (Å²) in [5.41, 5.74) is 1.82. The van der Waals surface area contributed by atoms with E-state index in [0.717, 1.165) is 9.13 Å². The number of hydrogen-bond donors (Lipinski definition) is 0. The van der Waals surface area contributed by atoms with Gasteiger partial charge in [0.05, 0.1) is 10.6 Å². The Kier molecular flexibility index (Phi) is 4.81. The number of benzene rings is 1. The summed E-state index contributed by atoms with van der Waals surface area (Å²) in [5, 5.41) is 10.3. The molecule has 0 fully saturated rings. The Bertz CT molecular complexity index is 676. The van der Waals surface area contributed by atoms with Gasteiger partial charge in [0, 0.05) is 32.1 Å². The average molecular weight is 401 g/mol. The molecule has 0 saturated carbocycles. The minimum absolute atomic E-state index is 0.377. The standard InChI is InChI=1S/C14H7Cl2IN2/c15-10-3-4-13(17)11(6-10)14(16)12(7-18)9-2-1-5-19-8-9/h1-6,8H/b14-12-. The molecule has 1 aromatic carbocycles. The Hall–Kier alpha value is -1.09. The molecule has 0 saturated heterocycles. The van der Waals surface area contributed by atoms with Crippen LogP contribution in [-0.4, -0.2) is 4.98 Å². The summed E-state index contributed by atoms with van der Waals surface area (Å²) in [7, 11) is 0. The van der Waals surface area contributed by atoms with Crippen LogP contribution in [0.3, 0.4) is 0 Å². The van der Waals surface area contributed by atoms with Gasteiger partial charge in [0.25, 0.3) is 0 Å². The van der Waals surface area contributed by atoms with Crippen molar-refractivity contribution in [3.8, 4) is 6.07 Å². The Morgan fingerprint density at radius 2 is 2.11 bits per heavy atom. The molecule has 2 rings (SSSR count). The molecular weight excluding hydrogens is 394 g/mol. The molecule has 0 aliphatic rings. The van der Waals surface area contributed by atoms with E-state index in [0.29, 0.717) is 21.2 Å². The van der Waals surface area contributed by atoms with E-state index in [1.807, 2.05) is 6.07 Å². The van der Waals surface area contributed by atoms with Gasteiger partial charge in [-0.2, -0.15) is 5.26 Å². The molecule has 2 aromatic rings. The molecule has 1 aromatic heterocycles. The predicted molar refractivity (Wildman–Crippen MR) is 86.7 cm³/mol. The third-order valence-corrected chi connectivity index (χ3v) is 4.01. The number of nitrogens with zero attached hydrogens (tertiary/aromatic N) is 2. The predicted octanol–water partition coefficient (Wildman–Crippen LogP) is 4.97. The van der Waals surface area contributed by atoms with Crippen LogP contribution < -0.4 is 0 Å². The van der Waals surface area contributed by atoms with Crippen molar-refractivity contribution < 1.29 is 0 Å². The number of aromatic nitrogens is 1. The molecule has 0 unspecified atom stereocenters. The largest absolute Gasteiger partial charge is 0.264 e. The van der Waals surface area contributed by atoms with E-state index >= 15 is 0 Å². The smallest absolute Gasteiger partial charge is 0.101 e. The Morgan fingerprint density at radius 3 is 2.74 bits per heavy atom. The number of allylic oxidation sites excluding steroid dienone is 1. The molecule has 0 amide bonds. The fourth-order valence-corrected chi connectivity index (χ4v) is 2.80. The van der Waals surface area contributed by atoms with Gasteiger partial charge in [0.15, 0.2) is 0 Å². The van der Waals surface area contributed by atoms with E-state index in [1.54, 1.807) is 36.7 Å². The highest BCUT2D eigenvalue weighted by molar-refractivity contribution is 14.1. The second-order valence-electron chi connectivity index (χ2n) is 3.67. The van der Waals surface area contributed by atoms with Crippen molar-refractivity contribution in [3.05, 3.63) is 62.4 Å². The minimum atomic E-state index is 0.377. The van der Waals surface area contributed by atoms with Crippen molar-refractivity contribution >= 4 is 56.4 Å². The third-order valence-electron chi connectivity index (χ3n) is 2.45. The maximum absolute atomic E-state index is 9.32. The zero-order chi connectivity index (χ0) is 13.8. The quantitative estimate of drug-likeness (QED) is 0.527. The maximum Gasteiger partial charge on any atom is 0.101 e. The molecule has 0 spiro atoms. The van der Waals surface area contributed by atoms with Gasteiger partial charge in [-0.05, 0) is 46.9 Å².